The molecule has 0 aliphatic carbocycles. The molecule has 0 saturated carbocycles. The van der Waals surface area contributed by atoms with Crippen molar-refractivity contribution >= 4 is 5.78 Å². The molecule has 0 radical (unpaired) electrons. The Hall–Kier alpha value is -1.23. The largest absolute Gasteiger partial charge is 0.374 e. The number of rotatable bonds is 4. The number of hydrogen-bond donors (Lipinski definition) is 0. The second-order valence-corrected chi connectivity index (χ2v) is 5.56. The molecule has 2 saturated heterocycles. The van der Waals surface area contributed by atoms with E-state index >= 15 is 0 Å². The Morgan fingerprint density at radius 2 is 2.28 bits per heavy atom. The quantitative estimate of drug-likeness (QED) is 0.816. The van der Waals surface area contributed by atoms with Gasteiger partial charge in [0, 0.05) is 5.92 Å². The number of nitrogens with zero attached hydrogens (tertiary/aromatic N) is 2. The van der Waals surface area contributed by atoms with E-state index in [0.717, 1.165) is 19.3 Å². The van der Waals surface area contributed by atoms with Crippen LogP contribution in [-0.2, 0) is 16.0 Å². The first kappa shape index (κ1) is 11.8. The maximum Gasteiger partial charge on any atom is 0.234 e. The molecular formula is C13H18N2O3. The number of aromatic nitrogens is 2. The van der Waals surface area contributed by atoms with E-state index < -0.39 is 0 Å². The fraction of sp³-hybridized carbons (Fsp3) is 0.769. The average molecular weight is 250 g/mol. The molecule has 1 aromatic heterocycles. The van der Waals surface area contributed by atoms with Crippen molar-refractivity contribution in [3.63, 3.8) is 0 Å². The summed E-state index contributed by atoms with van der Waals surface area (Å²) in [5.41, 5.74) is 0. The molecule has 2 bridgehead atoms. The van der Waals surface area contributed by atoms with Gasteiger partial charge in [0.1, 0.15) is 5.78 Å². The molecule has 0 N–H and O–H groups in total. The second kappa shape index (κ2) is 4.46. The molecule has 0 amide bonds. The summed E-state index contributed by atoms with van der Waals surface area (Å²) in [6, 6.07) is 0. The number of carbonyl (C=O) groups is 1. The third-order valence-corrected chi connectivity index (χ3v) is 3.89. The predicted octanol–water partition coefficient (Wildman–Crippen LogP) is 1.87. The Morgan fingerprint density at radius 1 is 1.44 bits per heavy atom. The summed E-state index contributed by atoms with van der Waals surface area (Å²) in [5.74, 6) is 1.55. The minimum Gasteiger partial charge on any atom is -0.374 e. The SMILES string of the molecule is CC(C)C(=O)Cc1nc(C2CC3CCC2O3)no1. The molecule has 2 fully saturated rings. The Balaban J connectivity index is 1.68. The van der Waals surface area contributed by atoms with Crippen molar-refractivity contribution in [2.24, 2.45) is 5.92 Å². The molecule has 98 valence electrons. The highest BCUT2D eigenvalue weighted by molar-refractivity contribution is 5.81. The minimum absolute atomic E-state index is 0.00572. The summed E-state index contributed by atoms with van der Waals surface area (Å²) in [6.07, 6.45) is 4.09. The predicted molar refractivity (Wildman–Crippen MR) is 63.1 cm³/mol. The van der Waals surface area contributed by atoms with Gasteiger partial charge in [-0.3, -0.25) is 4.79 Å². The second-order valence-electron chi connectivity index (χ2n) is 5.56. The Kier molecular flexibility index (Phi) is 2.93. The first-order valence-corrected chi connectivity index (χ1v) is 6.64. The number of Topliss-reactive ketones (excluding diaryl/α,β-unsaturated/α-hetero) is 1. The van der Waals surface area contributed by atoms with Crippen LogP contribution in [0, 0.1) is 5.92 Å². The first-order chi connectivity index (χ1) is 8.63. The van der Waals surface area contributed by atoms with E-state index in [0.29, 0.717) is 17.8 Å². The molecule has 18 heavy (non-hydrogen) atoms. The molecule has 2 aliphatic heterocycles. The van der Waals surface area contributed by atoms with Gasteiger partial charge in [-0.2, -0.15) is 4.98 Å². The lowest BCUT2D eigenvalue weighted by molar-refractivity contribution is -0.121. The fourth-order valence-electron chi connectivity index (χ4n) is 2.75. The van der Waals surface area contributed by atoms with Crippen LogP contribution < -0.4 is 0 Å². The van der Waals surface area contributed by atoms with E-state index in [9.17, 15) is 4.79 Å². The van der Waals surface area contributed by atoms with Crippen molar-refractivity contribution < 1.29 is 14.1 Å². The lowest BCUT2D eigenvalue weighted by atomic mass is 9.89. The van der Waals surface area contributed by atoms with Crippen LogP contribution in [0.25, 0.3) is 0 Å². The van der Waals surface area contributed by atoms with Crippen LogP contribution in [0.3, 0.4) is 0 Å². The summed E-state index contributed by atoms with van der Waals surface area (Å²) in [4.78, 5) is 16.0. The number of ether oxygens (including phenoxy) is 1. The smallest absolute Gasteiger partial charge is 0.234 e. The fourth-order valence-corrected chi connectivity index (χ4v) is 2.75. The average Bonchev–Trinajstić information content (AvgIpc) is 3.03. The van der Waals surface area contributed by atoms with Gasteiger partial charge in [0.05, 0.1) is 24.5 Å². The van der Waals surface area contributed by atoms with Crippen LogP contribution in [-0.4, -0.2) is 28.1 Å². The summed E-state index contributed by atoms with van der Waals surface area (Å²) in [6.45, 7) is 3.76. The Bertz CT molecular complexity index is 455. The maximum absolute atomic E-state index is 11.6. The zero-order valence-corrected chi connectivity index (χ0v) is 10.8. The molecule has 3 rings (SSSR count). The van der Waals surface area contributed by atoms with Gasteiger partial charge in [0.15, 0.2) is 5.82 Å². The number of fused-ring (bicyclic) bond motifs is 2. The molecule has 1 aromatic rings. The van der Waals surface area contributed by atoms with Gasteiger partial charge in [-0.25, -0.2) is 0 Å². The number of carbonyl (C=O) groups excluding carboxylic acids is 1. The molecule has 5 nitrogen and oxygen atoms in total. The number of ketones is 1. The lowest BCUT2D eigenvalue weighted by Crippen LogP contribution is -2.16. The van der Waals surface area contributed by atoms with Crippen LogP contribution in [0.1, 0.15) is 50.7 Å². The van der Waals surface area contributed by atoms with E-state index in [2.05, 4.69) is 10.1 Å². The van der Waals surface area contributed by atoms with Crippen LogP contribution in [0.2, 0.25) is 0 Å². The molecule has 3 heterocycles. The first-order valence-electron chi connectivity index (χ1n) is 6.64. The van der Waals surface area contributed by atoms with Crippen molar-refractivity contribution in [3.8, 4) is 0 Å². The molecule has 0 spiro atoms. The van der Waals surface area contributed by atoms with Crippen LogP contribution in [0.15, 0.2) is 4.52 Å². The Labute approximate surface area is 106 Å². The van der Waals surface area contributed by atoms with Crippen LogP contribution in [0.5, 0.6) is 0 Å². The van der Waals surface area contributed by atoms with Gasteiger partial charge in [0.2, 0.25) is 5.89 Å². The summed E-state index contributed by atoms with van der Waals surface area (Å²) >= 11 is 0. The van der Waals surface area contributed by atoms with E-state index in [1.165, 1.54) is 0 Å². The van der Waals surface area contributed by atoms with E-state index in [1.54, 1.807) is 0 Å². The van der Waals surface area contributed by atoms with Crippen molar-refractivity contribution in [2.75, 3.05) is 0 Å². The third-order valence-electron chi connectivity index (χ3n) is 3.89. The van der Waals surface area contributed by atoms with Crippen LogP contribution >= 0.6 is 0 Å². The molecule has 3 unspecified atom stereocenters. The zero-order chi connectivity index (χ0) is 12.7. The maximum atomic E-state index is 11.6. The standard InChI is InChI=1S/C13H18N2O3/c1-7(2)10(16)6-12-14-13(15-18-12)9-5-8-3-4-11(9)17-8/h7-9,11H,3-6H2,1-2H3. The van der Waals surface area contributed by atoms with Crippen molar-refractivity contribution in [3.05, 3.63) is 11.7 Å². The molecule has 5 heteroatoms. The highest BCUT2D eigenvalue weighted by Crippen LogP contribution is 2.43. The number of hydrogen-bond acceptors (Lipinski definition) is 5. The topological polar surface area (TPSA) is 65.2 Å². The van der Waals surface area contributed by atoms with Crippen LogP contribution in [0.4, 0.5) is 0 Å². The van der Waals surface area contributed by atoms with E-state index in [-0.39, 0.29) is 30.1 Å². The highest BCUT2D eigenvalue weighted by atomic mass is 16.5. The summed E-state index contributed by atoms with van der Waals surface area (Å²) < 4.78 is 10.9. The summed E-state index contributed by atoms with van der Waals surface area (Å²) in [5, 5.41) is 4.01. The van der Waals surface area contributed by atoms with E-state index in [1.807, 2.05) is 13.8 Å². The van der Waals surface area contributed by atoms with Gasteiger partial charge < -0.3 is 9.26 Å². The van der Waals surface area contributed by atoms with Crippen molar-refractivity contribution in [2.45, 2.75) is 57.7 Å². The molecule has 0 aromatic carbocycles. The van der Waals surface area contributed by atoms with E-state index in [4.69, 9.17) is 9.26 Å². The molecular weight excluding hydrogens is 232 g/mol. The zero-order valence-electron chi connectivity index (χ0n) is 10.8. The van der Waals surface area contributed by atoms with Gasteiger partial charge in [0.25, 0.3) is 0 Å². The minimum atomic E-state index is 0.00572. The molecule has 3 atom stereocenters. The highest BCUT2D eigenvalue weighted by Gasteiger charge is 2.43. The normalized spacial score (nSPS) is 30.3. The molecule has 2 aliphatic rings. The van der Waals surface area contributed by atoms with Gasteiger partial charge in [-0.1, -0.05) is 19.0 Å². The van der Waals surface area contributed by atoms with Crippen molar-refractivity contribution in [1.29, 1.82) is 0 Å². The lowest BCUT2D eigenvalue weighted by Gasteiger charge is -2.13. The van der Waals surface area contributed by atoms with Gasteiger partial charge >= 0.3 is 0 Å². The van der Waals surface area contributed by atoms with Gasteiger partial charge in [-0.15, -0.1) is 0 Å². The Morgan fingerprint density at radius 3 is 2.89 bits per heavy atom. The summed E-state index contributed by atoms with van der Waals surface area (Å²) in [7, 11) is 0. The third kappa shape index (κ3) is 2.07. The monoisotopic (exact) mass is 250 g/mol. The van der Waals surface area contributed by atoms with Crippen molar-refractivity contribution in [1.82, 2.24) is 10.1 Å². The van der Waals surface area contributed by atoms with Gasteiger partial charge in [-0.05, 0) is 19.3 Å².